The minimum Gasteiger partial charge on any atom is -0.337 e. The average molecular weight is 368 g/mol. The Morgan fingerprint density at radius 2 is 2.15 bits per heavy atom. The van der Waals surface area contributed by atoms with Crippen LogP contribution in [0.25, 0.3) is 11.0 Å². The van der Waals surface area contributed by atoms with E-state index in [4.69, 9.17) is 4.98 Å². The Kier molecular flexibility index (Phi) is 4.81. The number of hydrogen-bond acceptors (Lipinski definition) is 3. The van der Waals surface area contributed by atoms with Gasteiger partial charge in [0.25, 0.3) is 5.91 Å². The van der Waals surface area contributed by atoms with Gasteiger partial charge in [-0.15, -0.1) is 11.3 Å². The first-order chi connectivity index (χ1) is 12.7. The van der Waals surface area contributed by atoms with Gasteiger partial charge in [-0.1, -0.05) is 19.1 Å². The van der Waals surface area contributed by atoms with Crippen molar-refractivity contribution in [2.45, 2.75) is 45.6 Å². The summed E-state index contributed by atoms with van der Waals surface area (Å²) >= 11 is 1.55. The summed E-state index contributed by atoms with van der Waals surface area (Å²) in [6.45, 7) is 6.81. The molecule has 0 spiro atoms. The summed E-state index contributed by atoms with van der Waals surface area (Å²) in [5, 5.41) is 2.00. The van der Waals surface area contributed by atoms with E-state index in [-0.39, 0.29) is 5.91 Å². The predicted octanol–water partition coefficient (Wildman–Crippen LogP) is 4.84. The predicted molar refractivity (Wildman–Crippen MR) is 107 cm³/mol. The Morgan fingerprint density at radius 3 is 2.92 bits per heavy atom. The molecule has 4 rings (SSSR count). The molecule has 26 heavy (non-hydrogen) atoms. The van der Waals surface area contributed by atoms with Crippen LogP contribution < -0.4 is 0 Å². The number of piperidine rings is 1. The van der Waals surface area contributed by atoms with Crippen molar-refractivity contribution in [3.63, 3.8) is 0 Å². The number of benzene rings is 1. The third-order valence-electron chi connectivity index (χ3n) is 5.26. The summed E-state index contributed by atoms with van der Waals surface area (Å²) in [4.78, 5) is 20.8. The summed E-state index contributed by atoms with van der Waals surface area (Å²) in [5.41, 5.74) is 3.36. The van der Waals surface area contributed by atoms with E-state index in [1.54, 1.807) is 11.3 Å². The molecule has 0 bridgehead atoms. The van der Waals surface area contributed by atoms with Crippen LogP contribution in [0.2, 0.25) is 0 Å². The lowest BCUT2D eigenvalue weighted by atomic mass is 9.96. The molecular formula is C21H25N3OS. The molecule has 2 aromatic heterocycles. The van der Waals surface area contributed by atoms with Gasteiger partial charge in [0.2, 0.25) is 0 Å². The standard InChI is InChI=1S/C21H25N3OS/c1-3-11-24-18-9-5-4-8-17(18)22-20(24)16-7-6-12-23(14-16)21(25)19-15(2)10-13-26-19/h4-5,8-10,13,16H,3,6-7,11-12,14H2,1-2H3. The maximum absolute atomic E-state index is 13.0. The van der Waals surface area contributed by atoms with Gasteiger partial charge in [-0.25, -0.2) is 4.98 Å². The molecule has 1 fully saturated rings. The highest BCUT2D eigenvalue weighted by molar-refractivity contribution is 7.12. The van der Waals surface area contributed by atoms with Gasteiger partial charge in [-0.3, -0.25) is 4.79 Å². The monoisotopic (exact) mass is 367 g/mol. The maximum atomic E-state index is 13.0. The second kappa shape index (κ2) is 7.23. The molecule has 4 nitrogen and oxygen atoms in total. The number of amides is 1. The fourth-order valence-corrected chi connectivity index (χ4v) is 4.86. The van der Waals surface area contributed by atoms with Crippen molar-refractivity contribution in [1.82, 2.24) is 14.5 Å². The molecule has 0 saturated carbocycles. The van der Waals surface area contributed by atoms with E-state index in [0.717, 1.165) is 60.7 Å². The van der Waals surface area contributed by atoms with Crippen LogP contribution in [0.1, 0.15) is 53.2 Å². The third kappa shape index (κ3) is 3.05. The number of rotatable bonds is 4. The van der Waals surface area contributed by atoms with Crippen molar-refractivity contribution < 1.29 is 4.79 Å². The van der Waals surface area contributed by atoms with Crippen molar-refractivity contribution in [2.75, 3.05) is 13.1 Å². The summed E-state index contributed by atoms with van der Waals surface area (Å²) in [6.07, 6.45) is 3.22. The molecule has 3 aromatic rings. The number of thiophene rings is 1. The number of para-hydroxylation sites is 2. The molecule has 1 amide bonds. The molecule has 1 aromatic carbocycles. The molecule has 1 aliphatic rings. The number of imidazole rings is 1. The van der Waals surface area contributed by atoms with E-state index in [1.165, 1.54) is 5.52 Å². The van der Waals surface area contributed by atoms with Crippen LogP contribution in [-0.4, -0.2) is 33.4 Å². The molecule has 0 radical (unpaired) electrons. The van der Waals surface area contributed by atoms with Crippen LogP contribution in [0.3, 0.4) is 0 Å². The van der Waals surface area contributed by atoms with Gasteiger partial charge in [0.1, 0.15) is 5.82 Å². The van der Waals surface area contributed by atoms with Crippen LogP contribution in [0.4, 0.5) is 0 Å². The number of likely N-dealkylation sites (tertiary alicyclic amines) is 1. The molecule has 0 aliphatic carbocycles. The first-order valence-electron chi connectivity index (χ1n) is 9.47. The van der Waals surface area contributed by atoms with Crippen LogP contribution in [0.5, 0.6) is 0 Å². The molecule has 1 saturated heterocycles. The Balaban J connectivity index is 1.64. The number of aromatic nitrogens is 2. The van der Waals surface area contributed by atoms with Crippen LogP contribution >= 0.6 is 11.3 Å². The van der Waals surface area contributed by atoms with Crippen LogP contribution in [-0.2, 0) is 6.54 Å². The SMILES string of the molecule is CCCn1c(C2CCCN(C(=O)c3sccc3C)C2)nc2ccccc21. The lowest BCUT2D eigenvalue weighted by molar-refractivity contribution is 0.0707. The first kappa shape index (κ1) is 17.3. The topological polar surface area (TPSA) is 38.1 Å². The van der Waals surface area contributed by atoms with Crippen molar-refractivity contribution in [2.24, 2.45) is 0 Å². The zero-order chi connectivity index (χ0) is 18.1. The fraction of sp³-hybridized carbons (Fsp3) is 0.429. The second-order valence-corrected chi connectivity index (χ2v) is 8.05. The molecule has 136 valence electrons. The highest BCUT2D eigenvalue weighted by Crippen LogP contribution is 2.31. The van der Waals surface area contributed by atoms with Crippen LogP contribution in [0.15, 0.2) is 35.7 Å². The summed E-state index contributed by atoms with van der Waals surface area (Å²) in [6, 6.07) is 10.4. The lowest BCUT2D eigenvalue weighted by Crippen LogP contribution is -2.39. The average Bonchev–Trinajstić information content (AvgIpc) is 3.26. The Morgan fingerprint density at radius 1 is 1.31 bits per heavy atom. The quantitative estimate of drug-likeness (QED) is 0.662. The Hall–Kier alpha value is -2.14. The first-order valence-corrected chi connectivity index (χ1v) is 10.4. The van der Waals surface area contributed by atoms with Gasteiger partial charge in [0.05, 0.1) is 15.9 Å². The highest BCUT2D eigenvalue weighted by Gasteiger charge is 2.29. The van der Waals surface area contributed by atoms with Crippen molar-refractivity contribution in [3.8, 4) is 0 Å². The summed E-state index contributed by atoms with van der Waals surface area (Å²) in [5.74, 6) is 1.64. The molecular weight excluding hydrogens is 342 g/mol. The van der Waals surface area contributed by atoms with E-state index < -0.39 is 0 Å². The molecule has 3 heterocycles. The second-order valence-electron chi connectivity index (χ2n) is 7.13. The van der Waals surface area contributed by atoms with Gasteiger partial charge < -0.3 is 9.47 Å². The molecule has 1 atom stereocenters. The number of carbonyl (C=O) groups excluding carboxylic acids is 1. The normalized spacial score (nSPS) is 17.8. The van der Waals surface area contributed by atoms with E-state index in [0.29, 0.717) is 5.92 Å². The smallest absolute Gasteiger partial charge is 0.264 e. The van der Waals surface area contributed by atoms with Crippen molar-refractivity contribution >= 4 is 28.3 Å². The van der Waals surface area contributed by atoms with Gasteiger partial charge in [0, 0.05) is 25.6 Å². The Bertz CT molecular complexity index is 926. The molecule has 0 N–H and O–H groups in total. The van der Waals surface area contributed by atoms with E-state index in [2.05, 4.69) is 29.7 Å². The van der Waals surface area contributed by atoms with Gasteiger partial charge in [-0.2, -0.15) is 0 Å². The zero-order valence-corrected chi connectivity index (χ0v) is 16.3. The van der Waals surface area contributed by atoms with E-state index in [9.17, 15) is 4.79 Å². The zero-order valence-electron chi connectivity index (χ0n) is 15.4. The van der Waals surface area contributed by atoms with Gasteiger partial charge in [-0.05, 0) is 55.3 Å². The molecule has 1 aliphatic heterocycles. The van der Waals surface area contributed by atoms with Crippen molar-refractivity contribution in [1.29, 1.82) is 0 Å². The minimum atomic E-state index is 0.181. The fourth-order valence-electron chi connectivity index (χ4n) is 3.97. The van der Waals surface area contributed by atoms with Crippen molar-refractivity contribution in [3.05, 3.63) is 52.0 Å². The highest BCUT2D eigenvalue weighted by atomic mass is 32.1. The number of fused-ring (bicyclic) bond motifs is 1. The number of nitrogens with zero attached hydrogens (tertiary/aromatic N) is 3. The largest absolute Gasteiger partial charge is 0.337 e. The number of aryl methyl sites for hydroxylation is 2. The van der Waals surface area contributed by atoms with E-state index in [1.807, 2.05) is 29.3 Å². The van der Waals surface area contributed by atoms with Crippen LogP contribution in [0, 0.1) is 6.92 Å². The van der Waals surface area contributed by atoms with Gasteiger partial charge >= 0.3 is 0 Å². The number of hydrogen-bond donors (Lipinski definition) is 0. The lowest BCUT2D eigenvalue weighted by Gasteiger charge is -2.32. The van der Waals surface area contributed by atoms with E-state index >= 15 is 0 Å². The van der Waals surface area contributed by atoms with Gasteiger partial charge in [0.15, 0.2) is 0 Å². The molecule has 1 unspecified atom stereocenters. The third-order valence-corrected chi connectivity index (χ3v) is 6.27. The number of carbonyl (C=O) groups is 1. The summed E-state index contributed by atoms with van der Waals surface area (Å²) in [7, 11) is 0. The summed E-state index contributed by atoms with van der Waals surface area (Å²) < 4.78 is 2.37. The molecule has 5 heteroatoms. The minimum absolute atomic E-state index is 0.181. The maximum Gasteiger partial charge on any atom is 0.264 e. The Labute approximate surface area is 158 Å².